The molecule has 10 heavy (non-hydrogen) atoms. The molecule has 1 aromatic rings. The van der Waals surface area contributed by atoms with E-state index in [4.69, 9.17) is 4.74 Å². The average Bonchev–Trinajstić information content (AvgIpc) is 2.64. The predicted octanol–water partition coefficient (Wildman–Crippen LogP) is 1.91. The molecule has 1 aliphatic rings. The molecule has 0 bridgehead atoms. The summed E-state index contributed by atoms with van der Waals surface area (Å²) < 4.78 is 5.16. The number of rotatable bonds is 1. The monoisotopic (exact) mass is 134 g/mol. The molecule has 0 heterocycles. The number of fused-ring (bicyclic) bond motifs is 1. The average molecular weight is 134 g/mol. The topological polar surface area (TPSA) is 9.23 Å². The predicted molar refractivity (Wildman–Crippen MR) is 40.5 cm³/mol. The van der Waals surface area contributed by atoms with E-state index in [0.717, 1.165) is 5.75 Å². The van der Waals surface area contributed by atoms with Crippen LogP contribution in [0.1, 0.15) is 16.7 Å². The summed E-state index contributed by atoms with van der Waals surface area (Å²) in [5, 5.41) is 0. The molecule has 0 radical (unpaired) electrons. The summed E-state index contributed by atoms with van der Waals surface area (Å²) in [6.45, 7) is 2.08. The lowest BCUT2D eigenvalue weighted by Crippen LogP contribution is -1.84. The second kappa shape index (κ2) is 1.75. The Morgan fingerprint density at radius 3 is 2.70 bits per heavy atom. The zero-order valence-corrected chi connectivity index (χ0v) is 6.27. The van der Waals surface area contributed by atoms with E-state index in [1.54, 1.807) is 7.11 Å². The van der Waals surface area contributed by atoms with Crippen LogP contribution >= 0.6 is 0 Å². The molecule has 1 aromatic carbocycles. The summed E-state index contributed by atoms with van der Waals surface area (Å²) in [5.41, 5.74) is 4.18. The van der Waals surface area contributed by atoms with Crippen molar-refractivity contribution in [1.82, 2.24) is 0 Å². The van der Waals surface area contributed by atoms with E-state index in [2.05, 4.69) is 19.1 Å². The van der Waals surface area contributed by atoms with Gasteiger partial charge in [-0.3, -0.25) is 0 Å². The Morgan fingerprint density at radius 1 is 1.30 bits per heavy atom. The molecule has 0 aliphatic heterocycles. The molecule has 52 valence electrons. The maximum Gasteiger partial charge on any atom is 0.122 e. The van der Waals surface area contributed by atoms with Crippen LogP contribution in [0.3, 0.4) is 0 Å². The Kier molecular flexibility index (Phi) is 1.01. The highest BCUT2D eigenvalue weighted by Crippen LogP contribution is 2.33. The molecule has 0 saturated heterocycles. The highest BCUT2D eigenvalue weighted by atomic mass is 16.5. The van der Waals surface area contributed by atoms with Crippen molar-refractivity contribution >= 4 is 0 Å². The van der Waals surface area contributed by atoms with E-state index >= 15 is 0 Å². The minimum absolute atomic E-state index is 1.02. The highest BCUT2D eigenvalue weighted by molar-refractivity contribution is 5.52. The number of hydrogen-bond donors (Lipinski definition) is 0. The first kappa shape index (κ1) is 5.78. The molecule has 1 aliphatic carbocycles. The lowest BCUT2D eigenvalue weighted by molar-refractivity contribution is 0.412. The van der Waals surface area contributed by atoms with Crippen molar-refractivity contribution in [2.75, 3.05) is 7.11 Å². The number of aryl methyl sites for hydroxylation is 1. The molecule has 2 rings (SSSR count). The van der Waals surface area contributed by atoms with E-state index in [-0.39, 0.29) is 0 Å². The summed E-state index contributed by atoms with van der Waals surface area (Å²) in [7, 11) is 1.72. The first-order valence-corrected chi connectivity index (χ1v) is 3.47. The second-order valence-electron chi connectivity index (χ2n) is 2.77. The van der Waals surface area contributed by atoms with Crippen LogP contribution in [0.5, 0.6) is 5.75 Å². The largest absolute Gasteiger partial charge is 0.496 e. The van der Waals surface area contributed by atoms with E-state index in [0.29, 0.717) is 0 Å². The molecule has 0 N–H and O–H groups in total. The number of methoxy groups -OCH3 is 1. The summed E-state index contributed by atoms with van der Waals surface area (Å²) in [6, 6.07) is 4.33. The van der Waals surface area contributed by atoms with Gasteiger partial charge in [0.1, 0.15) is 5.75 Å². The quantitative estimate of drug-likeness (QED) is 0.579. The first-order chi connectivity index (χ1) is 4.81. The standard InChI is InChI=1S/C9H10O/c1-6-3-7-4-8(7)5-9(6)10-2/h3,5H,4H2,1-2H3. The maximum atomic E-state index is 5.16. The van der Waals surface area contributed by atoms with E-state index < -0.39 is 0 Å². The van der Waals surface area contributed by atoms with Crippen molar-refractivity contribution in [2.24, 2.45) is 0 Å². The zero-order chi connectivity index (χ0) is 7.14. The van der Waals surface area contributed by atoms with Crippen molar-refractivity contribution in [2.45, 2.75) is 13.3 Å². The third-order valence-electron chi connectivity index (χ3n) is 1.97. The molecule has 0 fully saturated rings. The molecule has 0 aromatic heterocycles. The van der Waals surface area contributed by atoms with Gasteiger partial charge in [0.2, 0.25) is 0 Å². The number of benzene rings is 1. The fourth-order valence-corrected chi connectivity index (χ4v) is 1.27. The van der Waals surface area contributed by atoms with Gasteiger partial charge in [0, 0.05) is 0 Å². The second-order valence-corrected chi connectivity index (χ2v) is 2.77. The SMILES string of the molecule is COc1cc2c(cc1C)C2. The van der Waals surface area contributed by atoms with Gasteiger partial charge in [-0.25, -0.2) is 0 Å². The van der Waals surface area contributed by atoms with Crippen LogP contribution in [0.2, 0.25) is 0 Å². The van der Waals surface area contributed by atoms with Crippen LogP contribution in [-0.4, -0.2) is 7.11 Å². The van der Waals surface area contributed by atoms with Gasteiger partial charge in [0.05, 0.1) is 7.11 Å². The molecular formula is C9H10O. The van der Waals surface area contributed by atoms with Crippen LogP contribution in [-0.2, 0) is 6.42 Å². The smallest absolute Gasteiger partial charge is 0.122 e. The van der Waals surface area contributed by atoms with Crippen molar-refractivity contribution in [1.29, 1.82) is 0 Å². The number of hydrogen-bond acceptors (Lipinski definition) is 1. The Morgan fingerprint density at radius 2 is 2.00 bits per heavy atom. The zero-order valence-electron chi connectivity index (χ0n) is 6.27. The molecule has 0 saturated carbocycles. The molecule has 0 atom stereocenters. The third kappa shape index (κ3) is 0.703. The summed E-state index contributed by atoms with van der Waals surface area (Å²) in [4.78, 5) is 0. The van der Waals surface area contributed by atoms with Gasteiger partial charge in [-0.15, -0.1) is 0 Å². The number of ether oxygens (including phenoxy) is 1. The Bertz CT molecular complexity index is 276. The van der Waals surface area contributed by atoms with Crippen LogP contribution in [0.25, 0.3) is 0 Å². The van der Waals surface area contributed by atoms with E-state index in [9.17, 15) is 0 Å². The summed E-state index contributed by atoms with van der Waals surface area (Å²) in [6.07, 6.45) is 1.17. The summed E-state index contributed by atoms with van der Waals surface area (Å²) in [5.74, 6) is 1.02. The minimum Gasteiger partial charge on any atom is -0.496 e. The third-order valence-corrected chi connectivity index (χ3v) is 1.97. The van der Waals surface area contributed by atoms with Gasteiger partial charge in [0.15, 0.2) is 0 Å². The molecule has 0 amide bonds. The first-order valence-electron chi connectivity index (χ1n) is 3.47. The van der Waals surface area contributed by atoms with Gasteiger partial charge < -0.3 is 4.74 Å². The van der Waals surface area contributed by atoms with Crippen LogP contribution in [0.15, 0.2) is 12.1 Å². The fraction of sp³-hybridized carbons (Fsp3) is 0.333. The molecule has 1 nitrogen and oxygen atoms in total. The maximum absolute atomic E-state index is 5.16. The van der Waals surface area contributed by atoms with Crippen LogP contribution in [0, 0.1) is 6.92 Å². The molecule has 0 spiro atoms. The Hall–Kier alpha value is -0.980. The lowest BCUT2D eigenvalue weighted by Gasteiger charge is -2.00. The molecular weight excluding hydrogens is 124 g/mol. The highest BCUT2D eigenvalue weighted by Gasteiger charge is 2.18. The van der Waals surface area contributed by atoms with E-state index in [1.807, 2.05) is 0 Å². The van der Waals surface area contributed by atoms with Gasteiger partial charge in [-0.1, -0.05) is 6.07 Å². The van der Waals surface area contributed by atoms with Crippen molar-refractivity contribution in [3.05, 3.63) is 28.8 Å². The normalized spacial score (nSPS) is 12.6. The van der Waals surface area contributed by atoms with Crippen LogP contribution < -0.4 is 4.74 Å². The molecule has 0 unspecified atom stereocenters. The minimum atomic E-state index is 1.02. The Balaban J connectivity index is 2.52. The van der Waals surface area contributed by atoms with Gasteiger partial charge in [-0.2, -0.15) is 0 Å². The van der Waals surface area contributed by atoms with Crippen LogP contribution in [0.4, 0.5) is 0 Å². The van der Waals surface area contributed by atoms with Crippen molar-refractivity contribution in [3.63, 3.8) is 0 Å². The summed E-state index contributed by atoms with van der Waals surface area (Å²) >= 11 is 0. The molecule has 1 heteroatoms. The fourth-order valence-electron chi connectivity index (χ4n) is 1.27. The van der Waals surface area contributed by atoms with E-state index in [1.165, 1.54) is 23.1 Å². The van der Waals surface area contributed by atoms with Gasteiger partial charge >= 0.3 is 0 Å². The van der Waals surface area contributed by atoms with Crippen molar-refractivity contribution in [3.8, 4) is 5.75 Å². The lowest BCUT2D eigenvalue weighted by atomic mass is 10.2. The van der Waals surface area contributed by atoms with Gasteiger partial charge in [0.25, 0.3) is 0 Å². The van der Waals surface area contributed by atoms with Crippen molar-refractivity contribution < 1.29 is 4.74 Å². The van der Waals surface area contributed by atoms with Gasteiger partial charge in [-0.05, 0) is 36.1 Å². The Labute approximate surface area is 60.6 Å².